The van der Waals surface area contributed by atoms with Crippen molar-refractivity contribution in [2.45, 2.75) is 18.9 Å². The number of thiocarbonyl (C=S) groups is 1. The Hall–Kier alpha value is -2.32. The lowest BCUT2D eigenvalue weighted by molar-refractivity contribution is 0.102. The summed E-state index contributed by atoms with van der Waals surface area (Å²) in [5.41, 5.74) is 1.79. The van der Waals surface area contributed by atoms with Gasteiger partial charge in [0.2, 0.25) is 6.79 Å². The maximum atomic E-state index is 12.6. The molecule has 6 nitrogen and oxygen atoms in total. The zero-order valence-electron chi connectivity index (χ0n) is 15.7. The number of hydrogen-bond acceptors (Lipinski definition) is 6. The van der Waals surface area contributed by atoms with Crippen LogP contribution in [0.1, 0.15) is 28.4 Å². The van der Waals surface area contributed by atoms with Gasteiger partial charge in [0, 0.05) is 42.9 Å². The Balaban J connectivity index is 1.23. The molecule has 0 aliphatic carbocycles. The minimum atomic E-state index is 0.0183. The van der Waals surface area contributed by atoms with E-state index < -0.39 is 0 Å². The smallest absolute Gasteiger partial charge is 0.250 e. The molecule has 2 atom stereocenters. The van der Waals surface area contributed by atoms with Crippen LogP contribution in [0.3, 0.4) is 0 Å². The van der Waals surface area contributed by atoms with Crippen LogP contribution < -0.4 is 15.0 Å². The van der Waals surface area contributed by atoms with Crippen molar-refractivity contribution in [2.75, 3.05) is 25.6 Å². The Morgan fingerprint density at radius 1 is 1.14 bits per heavy atom. The van der Waals surface area contributed by atoms with Crippen molar-refractivity contribution in [2.24, 2.45) is 5.92 Å². The number of rotatable bonds is 3. The van der Waals surface area contributed by atoms with Crippen molar-refractivity contribution in [3.63, 3.8) is 0 Å². The third-order valence-electron chi connectivity index (χ3n) is 5.76. The molecule has 150 valence electrons. The van der Waals surface area contributed by atoms with Crippen molar-refractivity contribution in [3.8, 4) is 11.5 Å². The van der Waals surface area contributed by atoms with E-state index in [9.17, 15) is 9.59 Å². The first kappa shape index (κ1) is 18.7. The summed E-state index contributed by atoms with van der Waals surface area (Å²) in [7, 11) is 0. The highest BCUT2D eigenvalue weighted by Crippen LogP contribution is 2.36. The van der Waals surface area contributed by atoms with Crippen LogP contribution >= 0.6 is 24.0 Å². The van der Waals surface area contributed by atoms with Gasteiger partial charge in [0.1, 0.15) is 4.32 Å². The minimum Gasteiger partial charge on any atom is -0.454 e. The fourth-order valence-corrected chi connectivity index (χ4v) is 5.50. The zero-order valence-corrected chi connectivity index (χ0v) is 17.3. The van der Waals surface area contributed by atoms with E-state index in [4.69, 9.17) is 21.7 Å². The van der Waals surface area contributed by atoms with Crippen LogP contribution in [0.15, 0.2) is 41.2 Å². The molecular weight excluding hydrogens is 408 g/mol. The molecule has 4 heterocycles. The van der Waals surface area contributed by atoms with Gasteiger partial charge < -0.3 is 18.9 Å². The van der Waals surface area contributed by atoms with Crippen LogP contribution in [0, 0.1) is 5.92 Å². The van der Waals surface area contributed by atoms with Crippen molar-refractivity contribution >= 4 is 34.1 Å². The number of benzene rings is 1. The number of carbonyl (C=O) groups excluding carboxylic acids is 1. The van der Waals surface area contributed by atoms with Gasteiger partial charge in [0.05, 0.1) is 5.75 Å². The summed E-state index contributed by atoms with van der Waals surface area (Å²) in [6, 6.07) is 10.8. The Morgan fingerprint density at radius 2 is 2.00 bits per heavy atom. The van der Waals surface area contributed by atoms with Gasteiger partial charge in [-0.15, -0.1) is 0 Å². The molecule has 5 rings (SSSR count). The van der Waals surface area contributed by atoms with Gasteiger partial charge >= 0.3 is 0 Å². The summed E-state index contributed by atoms with van der Waals surface area (Å²) < 4.78 is 13.3. The molecule has 1 fully saturated rings. The van der Waals surface area contributed by atoms with Crippen LogP contribution in [-0.2, 0) is 6.54 Å². The van der Waals surface area contributed by atoms with Crippen LogP contribution in [0.25, 0.3) is 0 Å². The average Bonchev–Trinajstić information content (AvgIpc) is 3.20. The summed E-state index contributed by atoms with van der Waals surface area (Å²) in [5.74, 6) is 2.30. The first-order valence-electron chi connectivity index (χ1n) is 9.63. The fourth-order valence-electron chi connectivity index (χ4n) is 4.42. The zero-order chi connectivity index (χ0) is 20.0. The van der Waals surface area contributed by atoms with Gasteiger partial charge in [0.15, 0.2) is 17.3 Å². The molecule has 8 heteroatoms. The standard InChI is InChI=1S/C21H20N2O4S2/c24-17(14-4-5-18-19(7-14)27-12-26-18)11-29-21(28)22-8-13-6-15(10-22)16-2-1-3-20(25)23(16)9-13/h1-5,7,13,15H,6,8-12H2/t13-,15-/m1/s1. The maximum absolute atomic E-state index is 12.6. The van der Waals surface area contributed by atoms with E-state index in [1.165, 1.54) is 11.8 Å². The second kappa shape index (κ2) is 7.50. The number of thioether (sulfide) groups is 1. The summed E-state index contributed by atoms with van der Waals surface area (Å²) in [5, 5.41) is 0. The van der Waals surface area contributed by atoms with Crippen LogP contribution in [0.2, 0.25) is 0 Å². The topological polar surface area (TPSA) is 60.8 Å². The molecule has 2 aromatic rings. The van der Waals surface area contributed by atoms with Gasteiger partial charge in [0.25, 0.3) is 5.56 Å². The molecule has 0 unspecified atom stereocenters. The van der Waals surface area contributed by atoms with Crippen molar-refractivity contribution < 1.29 is 14.3 Å². The van der Waals surface area contributed by atoms with E-state index in [0.29, 0.717) is 34.7 Å². The summed E-state index contributed by atoms with van der Waals surface area (Å²) in [4.78, 5) is 27.0. The number of piperidine rings is 1. The summed E-state index contributed by atoms with van der Waals surface area (Å²) in [6.07, 6.45) is 1.09. The number of fused-ring (bicyclic) bond motifs is 5. The Kier molecular flexibility index (Phi) is 4.83. The molecule has 3 aliphatic heterocycles. The van der Waals surface area contributed by atoms with Crippen LogP contribution in [0.5, 0.6) is 11.5 Å². The number of aromatic nitrogens is 1. The van der Waals surface area contributed by atoms with Gasteiger partial charge in [-0.2, -0.15) is 0 Å². The molecule has 1 aromatic heterocycles. The number of ketones is 1. The van der Waals surface area contributed by atoms with E-state index in [2.05, 4.69) is 4.90 Å². The third kappa shape index (κ3) is 3.55. The highest BCUT2D eigenvalue weighted by Gasteiger charge is 2.35. The highest BCUT2D eigenvalue weighted by atomic mass is 32.2. The summed E-state index contributed by atoms with van der Waals surface area (Å²) in [6.45, 7) is 2.56. The first-order valence-corrected chi connectivity index (χ1v) is 11.0. The lowest BCUT2D eigenvalue weighted by Crippen LogP contribution is -2.48. The predicted molar refractivity (Wildman–Crippen MR) is 115 cm³/mol. The predicted octanol–water partition coefficient (Wildman–Crippen LogP) is 2.90. The lowest BCUT2D eigenvalue weighted by Gasteiger charge is -2.43. The molecule has 0 saturated carbocycles. The monoisotopic (exact) mass is 428 g/mol. The third-order valence-corrected chi connectivity index (χ3v) is 7.28. The molecule has 29 heavy (non-hydrogen) atoms. The number of likely N-dealkylation sites (tertiary alicyclic amines) is 1. The van der Waals surface area contributed by atoms with Gasteiger partial charge in [-0.1, -0.05) is 30.0 Å². The normalized spacial score (nSPS) is 21.6. The van der Waals surface area contributed by atoms with E-state index in [1.54, 1.807) is 24.3 Å². The second-order valence-corrected chi connectivity index (χ2v) is 9.26. The molecular formula is C21H20N2O4S2. The Bertz CT molecular complexity index is 1050. The Morgan fingerprint density at radius 3 is 2.90 bits per heavy atom. The quantitative estimate of drug-likeness (QED) is 0.550. The number of hydrogen-bond donors (Lipinski definition) is 0. The largest absolute Gasteiger partial charge is 0.454 e. The van der Waals surface area contributed by atoms with Gasteiger partial charge in [-0.3, -0.25) is 9.59 Å². The lowest BCUT2D eigenvalue weighted by atomic mass is 9.83. The van der Waals surface area contributed by atoms with E-state index >= 15 is 0 Å². The molecule has 1 saturated heterocycles. The van der Waals surface area contributed by atoms with Gasteiger partial charge in [-0.05, 0) is 36.6 Å². The number of carbonyl (C=O) groups is 1. The molecule has 0 N–H and O–H groups in total. The molecule has 0 radical (unpaired) electrons. The molecule has 3 aliphatic rings. The molecule has 0 spiro atoms. The molecule has 2 bridgehead atoms. The van der Waals surface area contributed by atoms with Crippen molar-refractivity contribution in [1.29, 1.82) is 0 Å². The number of pyridine rings is 1. The summed E-state index contributed by atoms with van der Waals surface area (Å²) >= 11 is 7.06. The minimum absolute atomic E-state index is 0.0183. The molecule has 1 aromatic carbocycles. The molecule has 0 amide bonds. The first-order chi connectivity index (χ1) is 14.1. The number of nitrogens with zero attached hydrogens (tertiary/aromatic N) is 2. The van der Waals surface area contributed by atoms with Crippen molar-refractivity contribution in [1.82, 2.24) is 9.47 Å². The van der Waals surface area contributed by atoms with E-state index in [0.717, 1.165) is 36.1 Å². The van der Waals surface area contributed by atoms with E-state index in [-0.39, 0.29) is 18.1 Å². The Labute approximate surface area is 177 Å². The second-order valence-electron chi connectivity index (χ2n) is 7.65. The maximum Gasteiger partial charge on any atom is 0.250 e. The SMILES string of the molecule is O=C(CSC(=S)N1C[C@H]2C[C@H](C1)c1cccc(=O)n1C2)c1ccc2c(c1)OCO2. The number of Topliss-reactive ketones (excluding diaryl/α,β-unsaturated/α-hetero) is 1. The van der Waals surface area contributed by atoms with Crippen LogP contribution in [-0.4, -0.2) is 45.2 Å². The van der Waals surface area contributed by atoms with E-state index in [1.807, 2.05) is 16.7 Å². The van der Waals surface area contributed by atoms with Gasteiger partial charge in [-0.25, -0.2) is 0 Å². The average molecular weight is 429 g/mol. The fraction of sp³-hybridized carbons (Fsp3) is 0.381. The number of ether oxygens (including phenoxy) is 2. The van der Waals surface area contributed by atoms with Crippen LogP contribution in [0.4, 0.5) is 0 Å². The highest BCUT2D eigenvalue weighted by molar-refractivity contribution is 8.23. The van der Waals surface area contributed by atoms with Crippen molar-refractivity contribution in [3.05, 3.63) is 58.0 Å².